The molecule has 1 aliphatic rings. The van der Waals surface area contributed by atoms with Crippen molar-refractivity contribution in [2.45, 2.75) is 19.9 Å². The normalized spacial score (nSPS) is 16.0. The SMILES string of the molecule is Cc1cccc(C)c1-n1nnnc1C(c1cccc(F)c1)N1CCN(CC=Cc2ccccc2)CC1. The molecule has 6 nitrogen and oxygen atoms in total. The zero-order valence-electron chi connectivity index (χ0n) is 20.8. The van der Waals surface area contributed by atoms with Gasteiger partial charge in [0.15, 0.2) is 5.82 Å². The molecule has 36 heavy (non-hydrogen) atoms. The summed E-state index contributed by atoms with van der Waals surface area (Å²) in [4.78, 5) is 4.80. The van der Waals surface area contributed by atoms with Gasteiger partial charge in [-0.15, -0.1) is 5.10 Å². The van der Waals surface area contributed by atoms with Crippen LogP contribution in [-0.2, 0) is 0 Å². The molecule has 0 N–H and O–H groups in total. The molecular weight excluding hydrogens is 451 g/mol. The Morgan fingerprint density at radius 3 is 2.33 bits per heavy atom. The first-order valence-corrected chi connectivity index (χ1v) is 12.4. The summed E-state index contributed by atoms with van der Waals surface area (Å²) in [5.41, 5.74) is 5.23. The van der Waals surface area contributed by atoms with Crippen LogP contribution >= 0.6 is 0 Å². The predicted molar refractivity (Wildman–Crippen MR) is 140 cm³/mol. The van der Waals surface area contributed by atoms with Gasteiger partial charge in [-0.3, -0.25) is 9.80 Å². The van der Waals surface area contributed by atoms with E-state index in [2.05, 4.69) is 87.7 Å². The maximum Gasteiger partial charge on any atom is 0.178 e. The standard InChI is InChI=1S/C29H31FN6/c1-22-9-6-10-23(2)27(22)36-29(31-32-33-36)28(25-14-7-15-26(30)21-25)35-19-17-34(18-20-35)16-8-13-24-11-4-3-5-12-24/h3-15,21,28H,16-20H2,1-2H3. The van der Waals surface area contributed by atoms with Gasteiger partial charge < -0.3 is 0 Å². The lowest BCUT2D eigenvalue weighted by Crippen LogP contribution is -2.48. The molecular formula is C29H31FN6. The van der Waals surface area contributed by atoms with Crippen molar-refractivity contribution >= 4 is 6.08 Å². The highest BCUT2D eigenvalue weighted by Crippen LogP contribution is 2.31. The Labute approximate surface area is 211 Å². The Hall–Kier alpha value is -3.68. The van der Waals surface area contributed by atoms with E-state index in [1.54, 1.807) is 12.1 Å². The fourth-order valence-corrected chi connectivity index (χ4v) is 4.97. The monoisotopic (exact) mass is 482 g/mol. The van der Waals surface area contributed by atoms with Gasteiger partial charge in [-0.05, 0) is 58.7 Å². The number of aryl methyl sites for hydroxylation is 2. The van der Waals surface area contributed by atoms with E-state index in [-0.39, 0.29) is 11.9 Å². The molecule has 7 heteroatoms. The van der Waals surface area contributed by atoms with Gasteiger partial charge in [-0.2, -0.15) is 4.68 Å². The molecule has 0 aliphatic carbocycles. The van der Waals surface area contributed by atoms with Crippen LogP contribution in [0.2, 0.25) is 0 Å². The zero-order chi connectivity index (χ0) is 24.9. The molecule has 0 spiro atoms. The van der Waals surface area contributed by atoms with Crippen LogP contribution in [0, 0.1) is 19.7 Å². The summed E-state index contributed by atoms with van der Waals surface area (Å²) < 4.78 is 16.2. The fourth-order valence-electron chi connectivity index (χ4n) is 4.97. The number of rotatable bonds is 7. The third kappa shape index (κ3) is 5.27. The van der Waals surface area contributed by atoms with Gasteiger partial charge in [0.05, 0.1) is 11.7 Å². The van der Waals surface area contributed by atoms with Crippen LogP contribution in [0.15, 0.2) is 78.9 Å². The van der Waals surface area contributed by atoms with E-state index in [0.29, 0.717) is 5.82 Å². The predicted octanol–water partition coefficient (Wildman–Crippen LogP) is 4.84. The van der Waals surface area contributed by atoms with E-state index in [1.807, 2.05) is 22.9 Å². The average molecular weight is 483 g/mol. The van der Waals surface area contributed by atoms with Gasteiger partial charge in [0, 0.05) is 32.7 Å². The number of hydrogen-bond donors (Lipinski definition) is 0. The van der Waals surface area contributed by atoms with Crippen molar-refractivity contribution in [2.24, 2.45) is 0 Å². The zero-order valence-corrected chi connectivity index (χ0v) is 20.8. The Bertz CT molecular complexity index is 1300. The van der Waals surface area contributed by atoms with Crippen molar-refractivity contribution < 1.29 is 4.39 Å². The molecule has 0 bridgehead atoms. The Morgan fingerprint density at radius 1 is 0.889 bits per heavy atom. The van der Waals surface area contributed by atoms with Gasteiger partial charge in [0.1, 0.15) is 5.82 Å². The van der Waals surface area contributed by atoms with Crippen molar-refractivity contribution in [3.05, 3.63) is 113 Å². The highest BCUT2D eigenvalue weighted by molar-refractivity contribution is 5.49. The minimum Gasteiger partial charge on any atom is -0.297 e. The minimum absolute atomic E-state index is 0.253. The number of piperazine rings is 1. The number of hydrogen-bond acceptors (Lipinski definition) is 5. The average Bonchev–Trinajstić information content (AvgIpc) is 3.34. The smallest absolute Gasteiger partial charge is 0.178 e. The van der Waals surface area contributed by atoms with Crippen LogP contribution in [0.25, 0.3) is 11.8 Å². The lowest BCUT2D eigenvalue weighted by Gasteiger charge is -2.38. The molecule has 3 aromatic carbocycles. The summed E-state index contributed by atoms with van der Waals surface area (Å²) in [5, 5.41) is 12.9. The molecule has 184 valence electrons. The van der Waals surface area contributed by atoms with Gasteiger partial charge in [-0.25, -0.2) is 4.39 Å². The minimum atomic E-state index is -0.256. The highest BCUT2D eigenvalue weighted by Gasteiger charge is 2.31. The quantitative estimate of drug-likeness (QED) is 0.377. The van der Waals surface area contributed by atoms with E-state index < -0.39 is 0 Å². The number of tetrazole rings is 1. The summed E-state index contributed by atoms with van der Waals surface area (Å²) >= 11 is 0. The number of benzene rings is 3. The maximum atomic E-state index is 14.3. The van der Waals surface area contributed by atoms with Crippen LogP contribution in [0.5, 0.6) is 0 Å². The second kappa shape index (κ2) is 10.9. The topological polar surface area (TPSA) is 50.1 Å². The molecule has 1 aromatic heterocycles. The third-order valence-electron chi connectivity index (χ3n) is 6.80. The second-order valence-corrected chi connectivity index (χ2v) is 9.30. The van der Waals surface area contributed by atoms with E-state index in [1.165, 1.54) is 11.6 Å². The van der Waals surface area contributed by atoms with Crippen molar-refractivity contribution in [3.8, 4) is 5.69 Å². The van der Waals surface area contributed by atoms with Crippen molar-refractivity contribution in [3.63, 3.8) is 0 Å². The highest BCUT2D eigenvalue weighted by atomic mass is 19.1. The van der Waals surface area contributed by atoms with E-state index >= 15 is 0 Å². The molecule has 4 aromatic rings. The van der Waals surface area contributed by atoms with Crippen molar-refractivity contribution in [1.82, 2.24) is 30.0 Å². The van der Waals surface area contributed by atoms with Crippen LogP contribution in [0.4, 0.5) is 4.39 Å². The number of nitrogens with zero attached hydrogens (tertiary/aromatic N) is 6. The molecule has 5 rings (SSSR count). The summed E-state index contributed by atoms with van der Waals surface area (Å²) in [7, 11) is 0. The maximum absolute atomic E-state index is 14.3. The van der Waals surface area contributed by atoms with Crippen LogP contribution in [-0.4, -0.2) is 62.7 Å². The lowest BCUT2D eigenvalue weighted by molar-refractivity contribution is 0.113. The first-order chi connectivity index (χ1) is 17.6. The van der Waals surface area contributed by atoms with Gasteiger partial charge in [0.25, 0.3) is 0 Å². The molecule has 2 heterocycles. The van der Waals surface area contributed by atoms with Gasteiger partial charge in [-0.1, -0.05) is 72.8 Å². The molecule has 1 atom stereocenters. The molecule has 0 amide bonds. The first kappa shape index (κ1) is 24.0. The summed E-state index contributed by atoms with van der Waals surface area (Å²) in [6, 6.07) is 23.1. The molecule has 1 fully saturated rings. The van der Waals surface area contributed by atoms with Gasteiger partial charge in [0.2, 0.25) is 0 Å². The van der Waals surface area contributed by atoms with Gasteiger partial charge >= 0.3 is 0 Å². The Morgan fingerprint density at radius 2 is 1.61 bits per heavy atom. The number of aromatic nitrogens is 4. The molecule has 0 saturated carbocycles. The molecule has 1 aliphatic heterocycles. The molecule has 0 radical (unpaired) electrons. The summed E-state index contributed by atoms with van der Waals surface area (Å²) in [6.07, 6.45) is 4.39. The van der Waals surface area contributed by atoms with Crippen LogP contribution in [0.3, 0.4) is 0 Å². The molecule has 1 unspecified atom stereocenters. The summed E-state index contributed by atoms with van der Waals surface area (Å²) in [6.45, 7) is 8.51. The van der Waals surface area contributed by atoms with E-state index in [9.17, 15) is 4.39 Å². The van der Waals surface area contributed by atoms with Crippen LogP contribution < -0.4 is 0 Å². The molecule has 1 saturated heterocycles. The largest absolute Gasteiger partial charge is 0.297 e. The Balaban J connectivity index is 1.39. The van der Waals surface area contributed by atoms with Crippen LogP contribution in [0.1, 0.15) is 34.1 Å². The third-order valence-corrected chi connectivity index (χ3v) is 6.80. The van der Waals surface area contributed by atoms with E-state index in [4.69, 9.17) is 0 Å². The van der Waals surface area contributed by atoms with Crippen molar-refractivity contribution in [1.29, 1.82) is 0 Å². The van der Waals surface area contributed by atoms with Crippen molar-refractivity contribution in [2.75, 3.05) is 32.7 Å². The number of para-hydroxylation sites is 1. The first-order valence-electron chi connectivity index (χ1n) is 12.4. The Kier molecular flexibility index (Phi) is 7.30. The summed E-state index contributed by atoms with van der Waals surface area (Å²) in [5.74, 6) is 0.448. The fraction of sp³-hybridized carbons (Fsp3) is 0.276. The lowest BCUT2D eigenvalue weighted by atomic mass is 10.0. The van der Waals surface area contributed by atoms with E-state index in [0.717, 1.165) is 55.1 Å². The number of halogens is 1. The second-order valence-electron chi connectivity index (χ2n) is 9.30.